The van der Waals surface area contributed by atoms with Crippen LogP contribution in [0, 0.1) is 5.92 Å². The summed E-state index contributed by atoms with van der Waals surface area (Å²) in [5.74, 6) is 0.124. The van der Waals surface area contributed by atoms with Gasteiger partial charge in [0.1, 0.15) is 6.04 Å². The first kappa shape index (κ1) is 16.0. The summed E-state index contributed by atoms with van der Waals surface area (Å²) in [4.78, 5) is 12.1. The average Bonchev–Trinajstić information content (AvgIpc) is 2.73. The van der Waals surface area contributed by atoms with Gasteiger partial charge in [-0.1, -0.05) is 51.0 Å². The minimum atomic E-state index is -0.226. The van der Waals surface area contributed by atoms with Gasteiger partial charge in [0.05, 0.1) is 7.11 Å². The predicted molar refractivity (Wildman–Crippen MR) is 85.1 cm³/mol. The molecule has 0 fully saturated rings. The summed E-state index contributed by atoms with van der Waals surface area (Å²) < 4.78 is 4.99. The van der Waals surface area contributed by atoms with Crippen LogP contribution in [0.1, 0.15) is 56.7 Å². The number of nitrogens with one attached hydrogen (secondary N) is 1. The summed E-state index contributed by atoms with van der Waals surface area (Å²) in [6.45, 7) is 4.22. The first-order valence-corrected chi connectivity index (χ1v) is 8.09. The third kappa shape index (κ3) is 3.85. The summed E-state index contributed by atoms with van der Waals surface area (Å²) in [5, 5.41) is 3.58. The Kier molecular flexibility index (Phi) is 5.80. The molecule has 1 aromatic carbocycles. The Labute approximate surface area is 128 Å². The standard InChI is InChI=1S/C18H27NO2/c1-4-13(2)17(18(20)21-3)19-16-12-8-6-10-14-9-5-7-11-15(14)16/h5,7,9,11,13,16-17,19H,4,6,8,10,12H2,1-3H3. The van der Waals surface area contributed by atoms with Crippen molar-refractivity contribution in [3.8, 4) is 0 Å². The van der Waals surface area contributed by atoms with Gasteiger partial charge in [-0.05, 0) is 36.3 Å². The second kappa shape index (κ2) is 7.60. The molecule has 1 aromatic rings. The lowest BCUT2D eigenvalue weighted by molar-refractivity contribution is -0.144. The van der Waals surface area contributed by atoms with Crippen molar-refractivity contribution in [2.45, 2.75) is 58.0 Å². The Morgan fingerprint density at radius 1 is 1.38 bits per heavy atom. The van der Waals surface area contributed by atoms with E-state index in [4.69, 9.17) is 4.74 Å². The lowest BCUT2D eigenvalue weighted by Crippen LogP contribution is -2.44. The van der Waals surface area contributed by atoms with E-state index in [0.29, 0.717) is 0 Å². The fourth-order valence-corrected chi connectivity index (χ4v) is 3.14. The van der Waals surface area contributed by atoms with E-state index in [-0.39, 0.29) is 24.0 Å². The van der Waals surface area contributed by atoms with Crippen LogP contribution in [0.5, 0.6) is 0 Å². The molecule has 0 bridgehead atoms. The van der Waals surface area contributed by atoms with E-state index < -0.39 is 0 Å². The fraction of sp³-hybridized carbons (Fsp3) is 0.611. The number of carbonyl (C=O) groups excluding carboxylic acids is 1. The van der Waals surface area contributed by atoms with Crippen LogP contribution in [0.4, 0.5) is 0 Å². The van der Waals surface area contributed by atoms with Crippen molar-refractivity contribution >= 4 is 5.97 Å². The molecule has 0 saturated heterocycles. The first-order chi connectivity index (χ1) is 10.2. The molecule has 0 aliphatic heterocycles. The molecular formula is C18H27NO2. The molecule has 3 heteroatoms. The fourth-order valence-electron chi connectivity index (χ4n) is 3.14. The van der Waals surface area contributed by atoms with Crippen LogP contribution in [0.3, 0.4) is 0 Å². The lowest BCUT2D eigenvalue weighted by Gasteiger charge is -2.28. The maximum Gasteiger partial charge on any atom is 0.323 e. The van der Waals surface area contributed by atoms with Crippen molar-refractivity contribution in [1.29, 1.82) is 0 Å². The second-order valence-corrected chi connectivity index (χ2v) is 6.05. The highest BCUT2D eigenvalue weighted by Crippen LogP contribution is 2.29. The van der Waals surface area contributed by atoms with E-state index in [1.54, 1.807) is 0 Å². The molecular weight excluding hydrogens is 262 g/mol. The summed E-state index contributed by atoms with van der Waals surface area (Å²) in [7, 11) is 1.47. The summed E-state index contributed by atoms with van der Waals surface area (Å²) >= 11 is 0. The van der Waals surface area contributed by atoms with Crippen LogP contribution in [-0.4, -0.2) is 19.1 Å². The molecule has 21 heavy (non-hydrogen) atoms. The maximum absolute atomic E-state index is 12.1. The molecule has 116 valence electrons. The Hall–Kier alpha value is -1.35. The Morgan fingerprint density at radius 2 is 2.14 bits per heavy atom. The quantitative estimate of drug-likeness (QED) is 0.664. The molecule has 0 aromatic heterocycles. The van der Waals surface area contributed by atoms with Gasteiger partial charge in [0, 0.05) is 6.04 Å². The molecule has 0 radical (unpaired) electrons. The van der Waals surface area contributed by atoms with E-state index in [1.807, 2.05) is 0 Å². The van der Waals surface area contributed by atoms with Crippen LogP contribution < -0.4 is 5.32 Å². The molecule has 1 N–H and O–H groups in total. The van der Waals surface area contributed by atoms with Gasteiger partial charge in [-0.2, -0.15) is 0 Å². The largest absolute Gasteiger partial charge is 0.468 e. The molecule has 1 aliphatic rings. The van der Waals surface area contributed by atoms with Crippen molar-refractivity contribution in [1.82, 2.24) is 5.32 Å². The summed E-state index contributed by atoms with van der Waals surface area (Å²) in [6, 6.07) is 8.63. The number of aryl methyl sites for hydroxylation is 1. The number of esters is 1. The number of ether oxygens (including phenoxy) is 1. The van der Waals surface area contributed by atoms with Gasteiger partial charge >= 0.3 is 5.97 Å². The zero-order valence-corrected chi connectivity index (χ0v) is 13.4. The van der Waals surface area contributed by atoms with Gasteiger partial charge in [-0.25, -0.2) is 0 Å². The summed E-state index contributed by atoms with van der Waals surface area (Å²) in [6.07, 6.45) is 5.60. The highest BCUT2D eigenvalue weighted by atomic mass is 16.5. The molecule has 0 amide bonds. The van der Waals surface area contributed by atoms with Gasteiger partial charge in [-0.3, -0.25) is 10.1 Å². The average molecular weight is 289 g/mol. The maximum atomic E-state index is 12.1. The van der Waals surface area contributed by atoms with Crippen LogP contribution in [-0.2, 0) is 16.0 Å². The predicted octanol–water partition coefficient (Wildman–Crippen LogP) is 3.63. The van der Waals surface area contributed by atoms with Crippen LogP contribution >= 0.6 is 0 Å². The van der Waals surface area contributed by atoms with Gasteiger partial charge in [0.2, 0.25) is 0 Å². The van der Waals surface area contributed by atoms with E-state index in [9.17, 15) is 4.79 Å². The number of benzene rings is 1. The number of carbonyl (C=O) groups is 1. The van der Waals surface area contributed by atoms with Crippen LogP contribution in [0.25, 0.3) is 0 Å². The van der Waals surface area contributed by atoms with Crippen molar-refractivity contribution in [3.63, 3.8) is 0 Å². The topological polar surface area (TPSA) is 38.3 Å². The zero-order chi connectivity index (χ0) is 15.2. The van der Waals surface area contributed by atoms with Crippen molar-refractivity contribution in [3.05, 3.63) is 35.4 Å². The van der Waals surface area contributed by atoms with Crippen molar-refractivity contribution in [2.75, 3.05) is 7.11 Å². The third-order valence-electron chi connectivity index (χ3n) is 4.67. The number of hydrogen-bond donors (Lipinski definition) is 1. The summed E-state index contributed by atoms with van der Waals surface area (Å²) in [5.41, 5.74) is 2.77. The number of fused-ring (bicyclic) bond motifs is 1. The highest BCUT2D eigenvalue weighted by molar-refractivity contribution is 5.76. The van der Waals surface area contributed by atoms with E-state index >= 15 is 0 Å². The minimum absolute atomic E-state index is 0.147. The van der Waals surface area contributed by atoms with Gasteiger partial charge in [0.25, 0.3) is 0 Å². The molecule has 2 rings (SSSR count). The third-order valence-corrected chi connectivity index (χ3v) is 4.67. The Morgan fingerprint density at radius 3 is 2.86 bits per heavy atom. The SMILES string of the molecule is CCC(C)C(NC1CCCCc2ccccc21)C(=O)OC. The first-order valence-electron chi connectivity index (χ1n) is 8.09. The minimum Gasteiger partial charge on any atom is -0.468 e. The zero-order valence-electron chi connectivity index (χ0n) is 13.4. The van der Waals surface area contributed by atoms with Gasteiger partial charge in [-0.15, -0.1) is 0 Å². The molecule has 3 nitrogen and oxygen atoms in total. The van der Waals surface area contributed by atoms with E-state index in [0.717, 1.165) is 19.3 Å². The van der Waals surface area contributed by atoms with Crippen LogP contribution in [0.2, 0.25) is 0 Å². The van der Waals surface area contributed by atoms with Gasteiger partial charge < -0.3 is 4.74 Å². The Balaban J connectivity index is 2.21. The smallest absolute Gasteiger partial charge is 0.323 e. The number of methoxy groups -OCH3 is 1. The molecule has 0 heterocycles. The second-order valence-electron chi connectivity index (χ2n) is 6.05. The van der Waals surface area contributed by atoms with Crippen molar-refractivity contribution < 1.29 is 9.53 Å². The van der Waals surface area contributed by atoms with Gasteiger partial charge in [0.15, 0.2) is 0 Å². The highest BCUT2D eigenvalue weighted by Gasteiger charge is 2.29. The molecule has 1 aliphatic carbocycles. The molecule has 3 atom stereocenters. The number of rotatable bonds is 5. The lowest BCUT2D eigenvalue weighted by atomic mass is 9.94. The van der Waals surface area contributed by atoms with Crippen molar-refractivity contribution in [2.24, 2.45) is 5.92 Å². The molecule has 0 spiro atoms. The number of hydrogen-bond acceptors (Lipinski definition) is 3. The Bertz CT molecular complexity index is 472. The molecule has 3 unspecified atom stereocenters. The monoisotopic (exact) mass is 289 g/mol. The normalized spacial score (nSPS) is 21.0. The molecule has 0 saturated carbocycles. The van der Waals surface area contributed by atoms with Crippen LogP contribution in [0.15, 0.2) is 24.3 Å². The van der Waals surface area contributed by atoms with E-state index in [1.165, 1.54) is 31.1 Å². The van der Waals surface area contributed by atoms with E-state index in [2.05, 4.69) is 43.4 Å².